The maximum absolute atomic E-state index is 13.0. The third kappa shape index (κ3) is 3.52. The average Bonchev–Trinajstić information content (AvgIpc) is 2.91. The van der Waals surface area contributed by atoms with Crippen LogP contribution in [-0.4, -0.2) is 47.4 Å². The van der Waals surface area contributed by atoms with Crippen molar-refractivity contribution in [1.82, 2.24) is 10.2 Å². The van der Waals surface area contributed by atoms with Crippen molar-refractivity contribution >= 4 is 47.0 Å². The van der Waals surface area contributed by atoms with Crippen molar-refractivity contribution in [2.24, 2.45) is 0 Å². The van der Waals surface area contributed by atoms with E-state index in [0.717, 1.165) is 14.7 Å². The van der Waals surface area contributed by atoms with Gasteiger partial charge in [0.25, 0.3) is 11.8 Å². The van der Waals surface area contributed by atoms with Crippen LogP contribution in [0.2, 0.25) is 0 Å². The molecule has 30 heavy (non-hydrogen) atoms. The zero-order valence-electron chi connectivity index (χ0n) is 16.4. The minimum absolute atomic E-state index is 0.430. The van der Waals surface area contributed by atoms with Gasteiger partial charge in [-0.25, -0.2) is 4.79 Å². The number of nitrogens with zero attached hydrogens (tertiary/aromatic N) is 2. The SMILES string of the molecule is CC1(C)NC(=O)N(CC(=O)OCC(=O)N2c3ccccc3Sc3ccccc32)C1=O. The summed E-state index contributed by atoms with van der Waals surface area (Å²) in [5, 5.41) is 2.49. The number of para-hydroxylation sites is 2. The molecule has 1 N–H and O–H groups in total. The minimum Gasteiger partial charge on any atom is -0.454 e. The predicted molar refractivity (Wildman–Crippen MR) is 109 cm³/mol. The van der Waals surface area contributed by atoms with Gasteiger partial charge in [-0.2, -0.15) is 0 Å². The fourth-order valence-corrected chi connectivity index (χ4v) is 4.37. The van der Waals surface area contributed by atoms with Gasteiger partial charge in [-0.15, -0.1) is 0 Å². The maximum Gasteiger partial charge on any atom is 0.326 e. The Morgan fingerprint density at radius 3 is 2.10 bits per heavy atom. The number of nitrogens with one attached hydrogen (secondary N) is 1. The van der Waals surface area contributed by atoms with E-state index >= 15 is 0 Å². The second-order valence-electron chi connectivity index (χ2n) is 7.37. The highest BCUT2D eigenvalue weighted by Crippen LogP contribution is 2.47. The van der Waals surface area contributed by atoms with Crippen molar-refractivity contribution in [2.75, 3.05) is 18.1 Å². The Morgan fingerprint density at radius 2 is 1.57 bits per heavy atom. The second-order valence-corrected chi connectivity index (χ2v) is 8.46. The number of fused-ring (bicyclic) bond motifs is 2. The molecule has 9 heteroatoms. The van der Waals surface area contributed by atoms with Crippen LogP contribution in [-0.2, 0) is 19.1 Å². The Bertz CT molecular complexity index is 1020. The molecule has 1 saturated heterocycles. The molecule has 2 aliphatic rings. The molecule has 0 spiro atoms. The van der Waals surface area contributed by atoms with Gasteiger partial charge in [-0.05, 0) is 38.1 Å². The number of anilines is 2. The fourth-order valence-electron chi connectivity index (χ4n) is 3.32. The number of amides is 4. The first-order chi connectivity index (χ1) is 14.3. The Balaban J connectivity index is 1.47. The largest absolute Gasteiger partial charge is 0.454 e. The molecule has 2 aromatic rings. The maximum atomic E-state index is 13.0. The molecule has 2 heterocycles. The lowest BCUT2D eigenvalue weighted by atomic mass is 10.1. The summed E-state index contributed by atoms with van der Waals surface area (Å²) < 4.78 is 5.10. The van der Waals surface area contributed by atoms with Gasteiger partial charge in [0.15, 0.2) is 6.61 Å². The van der Waals surface area contributed by atoms with Crippen LogP contribution in [0.1, 0.15) is 13.8 Å². The molecule has 8 nitrogen and oxygen atoms in total. The van der Waals surface area contributed by atoms with E-state index < -0.39 is 42.5 Å². The third-order valence-corrected chi connectivity index (χ3v) is 5.90. The summed E-state index contributed by atoms with van der Waals surface area (Å²) in [6, 6.07) is 14.3. The highest BCUT2D eigenvalue weighted by Gasteiger charge is 2.45. The Labute approximate surface area is 177 Å². The van der Waals surface area contributed by atoms with E-state index in [4.69, 9.17) is 4.74 Å². The van der Waals surface area contributed by atoms with Crippen LogP contribution in [0.5, 0.6) is 0 Å². The fraction of sp³-hybridized carbons (Fsp3) is 0.238. The van der Waals surface area contributed by atoms with E-state index in [-0.39, 0.29) is 0 Å². The van der Waals surface area contributed by atoms with Gasteiger partial charge in [0.1, 0.15) is 12.1 Å². The van der Waals surface area contributed by atoms with Crippen LogP contribution in [0, 0.1) is 0 Å². The number of rotatable bonds is 4. The number of hydrogen-bond donors (Lipinski definition) is 1. The highest BCUT2D eigenvalue weighted by atomic mass is 32.2. The number of hydrogen-bond acceptors (Lipinski definition) is 6. The molecule has 0 radical (unpaired) electrons. The summed E-state index contributed by atoms with van der Waals surface area (Å²) in [7, 11) is 0. The van der Waals surface area contributed by atoms with Crippen LogP contribution in [0.25, 0.3) is 0 Å². The lowest BCUT2D eigenvalue weighted by Crippen LogP contribution is -2.41. The van der Waals surface area contributed by atoms with Crippen molar-refractivity contribution in [2.45, 2.75) is 29.2 Å². The van der Waals surface area contributed by atoms with Crippen molar-refractivity contribution in [3.8, 4) is 0 Å². The molecule has 2 aromatic carbocycles. The molecular weight excluding hydrogens is 406 g/mol. The van der Waals surface area contributed by atoms with E-state index in [1.54, 1.807) is 25.6 Å². The number of imide groups is 1. The van der Waals surface area contributed by atoms with Crippen LogP contribution >= 0.6 is 11.8 Å². The molecule has 4 amide bonds. The zero-order chi connectivity index (χ0) is 21.5. The summed E-state index contributed by atoms with van der Waals surface area (Å²) in [5.74, 6) is -1.79. The molecule has 0 aromatic heterocycles. The molecule has 2 aliphatic heterocycles. The van der Waals surface area contributed by atoms with Crippen LogP contribution < -0.4 is 10.2 Å². The molecule has 0 atom stereocenters. The molecule has 0 aliphatic carbocycles. The average molecular weight is 425 g/mol. The standard InChI is InChI=1S/C21H19N3O5S/c1-21(2)19(27)23(20(28)22-21)11-18(26)29-12-17(25)24-13-7-3-5-9-15(13)30-16-10-6-4-8-14(16)24/h3-10H,11-12H2,1-2H3,(H,22,28). The molecule has 4 rings (SSSR count). The first-order valence-corrected chi connectivity index (χ1v) is 10.1. The Kier molecular flexibility index (Phi) is 4.98. The van der Waals surface area contributed by atoms with Gasteiger partial charge in [-0.3, -0.25) is 24.2 Å². The van der Waals surface area contributed by atoms with Crippen LogP contribution in [0.4, 0.5) is 16.2 Å². The number of benzene rings is 2. The Hall–Kier alpha value is -3.33. The van der Waals surface area contributed by atoms with E-state index in [0.29, 0.717) is 11.4 Å². The third-order valence-electron chi connectivity index (χ3n) is 4.77. The van der Waals surface area contributed by atoms with Crippen molar-refractivity contribution < 1.29 is 23.9 Å². The van der Waals surface area contributed by atoms with E-state index in [9.17, 15) is 19.2 Å². The number of urea groups is 1. The Morgan fingerprint density at radius 1 is 1.00 bits per heavy atom. The molecule has 154 valence electrons. The van der Waals surface area contributed by atoms with Crippen LogP contribution in [0.15, 0.2) is 58.3 Å². The number of carbonyl (C=O) groups excluding carboxylic acids is 4. The van der Waals surface area contributed by atoms with Crippen molar-refractivity contribution in [1.29, 1.82) is 0 Å². The lowest BCUT2D eigenvalue weighted by molar-refractivity contribution is -0.150. The first-order valence-electron chi connectivity index (χ1n) is 9.26. The molecular formula is C21H19N3O5S. The summed E-state index contributed by atoms with van der Waals surface area (Å²) >= 11 is 1.56. The van der Waals surface area contributed by atoms with Gasteiger partial charge in [0.05, 0.1) is 11.4 Å². The van der Waals surface area contributed by atoms with E-state index in [1.807, 2.05) is 48.5 Å². The number of carbonyl (C=O) groups is 4. The lowest BCUT2D eigenvalue weighted by Gasteiger charge is -2.30. The molecule has 0 bridgehead atoms. The van der Waals surface area contributed by atoms with Gasteiger partial charge in [0, 0.05) is 9.79 Å². The van der Waals surface area contributed by atoms with Crippen LogP contribution in [0.3, 0.4) is 0 Å². The predicted octanol–water partition coefficient (Wildman–Crippen LogP) is 2.69. The second kappa shape index (κ2) is 7.49. The smallest absolute Gasteiger partial charge is 0.326 e. The summed E-state index contributed by atoms with van der Waals surface area (Å²) in [5.41, 5.74) is 0.336. The topological polar surface area (TPSA) is 96.0 Å². The van der Waals surface area contributed by atoms with Gasteiger partial charge in [0.2, 0.25) is 0 Å². The van der Waals surface area contributed by atoms with Crippen molar-refractivity contribution in [3.63, 3.8) is 0 Å². The molecule has 0 unspecified atom stereocenters. The highest BCUT2D eigenvalue weighted by molar-refractivity contribution is 7.99. The zero-order valence-corrected chi connectivity index (χ0v) is 17.2. The molecule has 1 fully saturated rings. The van der Waals surface area contributed by atoms with Gasteiger partial charge in [-0.1, -0.05) is 36.0 Å². The van der Waals surface area contributed by atoms with Gasteiger partial charge < -0.3 is 10.1 Å². The van der Waals surface area contributed by atoms with E-state index in [1.165, 1.54) is 4.90 Å². The summed E-state index contributed by atoms with van der Waals surface area (Å²) in [4.78, 5) is 53.4. The summed E-state index contributed by atoms with van der Waals surface area (Å²) in [6.45, 7) is 2.03. The molecule has 0 saturated carbocycles. The number of ether oxygens (including phenoxy) is 1. The minimum atomic E-state index is -1.08. The van der Waals surface area contributed by atoms with Crippen molar-refractivity contribution in [3.05, 3.63) is 48.5 Å². The number of esters is 1. The van der Waals surface area contributed by atoms with E-state index in [2.05, 4.69) is 5.32 Å². The first kappa shape index (κ1) is 20.0. The quantitative estimate of drug-likeness (QED) is 0.598. The van der Waals surface area contributed by atoms with Gasteiger partial charge >= 0.3 is 12.0 Å². The summed E-state index contributed by atoms with van der Waals surface area (Å²) in [6.07, 6.45) is 0. The monoisotopic (exact) mass is 425 g/mol. The normalized spacial score (nSPS) is 16.6.